The molecular weight excluding hydrogens is 570 g/mol. The molecule has 0 spiro atoms. The molecular formula is C28H31N3O8S2. The lowest BCUT2D eigenvalue weighted by Gasteiger charge is -2.39. The highest BCUT2D eigenvalue weighted by atomic mass is 32.2. The maximum Gasteiger partial charge on any atom is 0.328 e. The Hall–Kier alpha value is -3.78. The average Bonchev–Trinajstić information content (AvgIpc) is 3.01. The number of carbonyl (C=O) groups excluding carboxylic acids is 2. The number of hydrogen-bond donors (Lipinski definition) is 1. The Morgan fingerprint density at radius 3 is 1.93 bits per heavy atom. The molecule has 1 N–H and O–H groups in total. The molecule has 1 fully saturated rings. The second-order valence-corrected chi connectivity index (χ2v) is 13.1. The normalized spacial score (nSPS) is 17.4. The Morgan fingerprint density at radius 2 is 1.39 bits per heavy atom. The van der Waals surface area contributed by atoms with Crippen LogP contribution in [0.1, 0.15) is 5.56 Å². The van der Waals surface area contributed by atoms with Gasteiger partial charge in [-0.1, -0.05) is 48.5 Å². The Kier molecular flexibility index (Phi) is 9.43. The highest BCUT2D eigenvalue weighted by Gasteiger charge is 2.44. The number of amides is 1. The lowest BCUT2D eigenvalue weighted by molar-refractivity contribution is -0.145. The van der Waals surface area contributed by atoms with E-state index in [0.717, 1.165) is 8.61 Å². The number of methoxy groups -OCH3 is 2. The van der Waals surface area contributed by atoms with Gasteiger partial charge in [-0.25, -0.2) is 21.6 Å². The monoisotopic (exact) mass is 601 g/mol. The summed E-state index contributed by atoms with van der Waals surface area (Å²) in [5, 5.41) is 2.61. The number of carbonyl (C=O) groups is 2. The second-order valence-electron chi connectivity index (χ2n) is 9.26. The van der Waals surface area contributed by atoms with Gasteiger partial charge in [0, 0.05) is 26.1 Å². The van der Waals surface area contributed by atoms with Gasteiger partial charge in [-0.2, -0.15) is 8.61 Å². The lowest BCUT2D eigenvalue weighted by Crippen LogP contribution is -2.62. The van der Waals surface area contributed by atoms with E-state index in [1.165, 1.54) is 38.5 Å². The number of benzene rings is 3. The van der Waals surface area contributed by atoms with Crippen LogP contribution in [0.25, 0.3) is 0 Å². The average molecular weight is 602 g/mol. The number of sulfonamides is 2. The molecule has 1 heterocycles. The number of hydrogen-bond acceptors (Lipinski definition) is 8. The molecule has 13 heteroatoms. The summed E-state index contributed by atoms with van der Waals surface area (Å²) in [6.07, 6.45) is 0.0482. The van der Waals surface area contributed by atoms with Crippen LogP contribution >= 0.6 is 0 Å². The summed E-state index contributed by atoms with van der Waals surface area (Å²) in [5.74, 6) is -0.964. The maximum atomic E-state index is 13.8. The van der Waals surface area contributed by atoms with Crippen molar-refractivity contribution in [3.8, 4) is 5.75 Å². The van der Waals surface area contributed by atoms with E-state index < -0.39 is 50.6 Å². The Bertz CT molecular complexity index is 1570. The van der Waals surface area contributed by atoms with Gasteiger partial charge < -0.3 is 14.8 Å². The zero-order valence-corrected chi connectivity index (χ0v) is 24.2. The standard InChI is InChI=1S/C28H31N3O8S2/c1-38-22-15-13-21(14-16-22)19-25(28(33)39-2)29-27(32)26-20-30(40(34,35)23-9-5-3-6-10-23)17-18-31(26)41(36,37)24-11-7-4-8-12-24/h3-16,25-26H,17-20H2,1-2H3,(H,29,32). The third kappa shape index (κ3) is 6.76. The number of piperazine rings is 1. The van der Waals surface area contributed by atoms with Crippen LogP contribution in [0, 0.1) is 0 Å². The molecule has 0 aliphatic carbocycles. The molecule has 3 aromatic carbocycles. The molecule has 2 atom stereocenters. The fourth-order valence-corrected chi connectivity index (χ4v) is 7.58. The van der Waals surface area contributed by atoms with Crippen molar-refractivity contribution < 1.29 is 35.9 Å². The highest BCUT2D eigenvalue weighted by molar-refractivity contribution is 7.89. The van der Waals surface area contributed by atoms with E-state index in [1.807, 2.05) is 0 Å². The van der Waals surface area contributed by atoms with E-state index in [4.69, 9.17) is 9.47 Å². The van der Waals surface area contributed by atoms with E-state index in [-0.39, 0.29) is 29.3 Å². The summed E-state index contributed by atoms with van der Waals surface area (Å²) in [6.45, 7) is -0.895. The smallest absolute Gasteiger partial charge is 0.328 e. The summed E-state index contributed by atoms with van der Waals surface area (Å²) >= 11 is 0. The molecule has 0 aromatic heterocycles. The molecule has 11 nitrogen and oxygen atoms in total. The van der Waals surface area contributed by atoms with Crippen LogP contribution in [-0.4, -0.2) is 83.3 Å². The van der Waals surface area contributed by atoms with E-state index in [2.05, 4.69) is 5.32 Å². The minimum atomic E-state index is -4.20. The number of nitrogens with one attached hydrogen (secondary N) is 1. The maximum absolute atomic E-state index is 13.8. The summed E-state index contributed by atoms with van der Waals surface area (Å²) < 4.78 is 66.2. The minimum absolute atomic E-state index is 0.0190. The molecule has 0 radical (unpaired) electrons. The SMILES string of the molecule is COC(=O)C(Cc1ccc(OC)cc1)NC(=O)C1CN(S(=O)(=O)c2ccccc2)CCN1S(=O)(=O)c1ccccc1. The van der Waals surface area contributed by atoms with Crippen LogP contribution in [0.5, 0.6) is 5.75 Å². The van der Waals surface area contributed by atoms with Crippen molar-refractivity contribution in [1.82, 2.24) is 13.9 Å². The summed E-state index contributed by atoms with van der Waals surface area (Å²) in [7, 11) is -5.54. The Labute approximate surface area is 239 Å². The number of nitrogens with zero attached hydrogens (tertiary/aromatic N) is 2. The van der Waals surface area contributed by atoms with Gasteiger partial charge in [0.1, 0.15) is 17.8 Å². The summed E-state index contributed by atoms with van der Waals surface area (Å²) in [4.78, 5) is 26.4. The molecule has 1 saturated heterocycles. The summed E-state index contributed by atoms with van der Waals surface area (Å²) in [6, 6.07) is 19.5. The van der Waals surface area contributed by atoms with E-state index >= 15 is 0 Å². The first-order chi connectivity index (χ1) is 19.6. The highest BCUT2D eigenvalue weighted by Crippen LogP contribution is 2.26. The summed E-state index contributed by atoms with van der Waals surface area (Å²) in [5.41, 5.74) is 0.687. The van der Waals surface area contributed by atoms with Crippen molar-refractivity contribution >= 4 is 31.9 Å². The van der Waals surface area contributed by atoms with Gasteiger partial charge in [0.05, 0.1) is 24.0 Å². The van der Waals surface area contributed by atoms with E-state index in [0.29, 0.717) is 11.3 Å². The molecule has 41 heavy (non-hydrogen) atoms. The lowest BCUT2D eigenvalue weighted by atomic mass is 10.0. The third-order valence-electron chi connectivity index (χ3n) is 6.73. The second kappa shape index (κ2) is 12.8. The molecule has 3 aromatic rings. The van der Waals surface area contributed by atoms with Gasteiger partial charge in [-0.3, -0.25) is 4.79 Å². The molecule has 1 amide bonds. The van der Waals surface area contributed by atoms with Crippen molar-refractivity contribution in [1.29, 1.82) is 0 Å². The van der Waals surface area contributed by atoms with Gasteiger partial charge in [0.25, 0.3) is 0 Å². The van der Waals surface area contributed by atoms with Crippen molar-refractivity contribution in [2.24, 2.45) is 0 Å². The van der Waals surface area contributed by atoms with Crippen LogP contribution in [0.3, 0.4) is 0 Å². The number of ether oxygens (including phenoxy) is 2. The van der Waals surface area contributed by atoms with E-state index in [1.54, 1.807) is 60.7 Å². The zero-order valence-electron chi connectivity index (χ0n) is 22.5. The van der Waals surface area contributed by atoms with Crippen LogP contribution in [0.15, 0.2) is 94.7 Å². The Balaban J connectivity index is 1.66. The van der Waals surface area contributed by atoms with Crippen molar-refractivity contribution in [3.05, 3.63) is 90.5 Å². The predicted molar refractivity (Wildman–Crippen MR) is 150 cm³/mol. The zero-order chi connectivity index (χ0) is 29.6. The molecule has 0 saturated carbocycles. The first kappa shape index (κ1) is 30.2. The molecule has 1 aliphatic rings. The van der Waals surface area contributed by atoms with Crippen molar-refractivity contribution in [2.45, 2.75) is 28.3 Å². The largest absolute Gasteiger partial charge is 0.497 e. The number of rotatable bonds is 10. The van der Waals surface area contributed by atoms with Gasteiger partial charge >= 0.3 is 5.97 Å². The number of esters is 1. The van der Waals surface area contributed by atoms with Gasteiger partial charge in [-0.05, 0) is 42.0 Å². The Morgan fingerprint density at radius 1 is 0.829 bits per heavy atom. The molecule has 1 aliphatic heterocycles. The minimum Gasteiger partial charge on any atom is -0.497 e. The van der Waals surface area contributed by atoms with Crippen LogP contribution in [-0.2, 0) is 40.8 Å². The fraction of sp³-hybridized carbons (Fsp3) is 0.286. The first-order valence-electron chi connectivity index (χ1n) is 12.7. The first-order valence-corrected chi connectivity index (χ1v) is 15.6. The molecule has 2 unspecified atom stereocenters. The van der Waals surface area contributed by atoms with Crippen molar-refractivity contribution in [2.75, 3.05) is 33.9 Å². The third-order valence-corrected chi connectivity index (χ3v) is 10.5. The van der Waals surface area contributed by atoms with Crippen LogP contribution in [0.4, 0.5) is 0 Å². The quantitative estimate of drug-likeness (QED) is 0.346. The molecule has 4 rings (SSSR count). The van der Waals surface area contributed by atoms with Gasteiger partial charge in [-0.15, -0.1) is 0 Å². The van der Waals surface area contributed by atoms with Crippen LogP contribution in [0.2, 0.25) is 0 Å². The van der Waals surface area contributed by atoms with E-state index in [9.17, 15) is 26.4 Å². The topological polar surface area (TPSA) is 139 Å². The molecule has 218 valence electrons. The van der Waals surface area contributed by atoms with Crippen molar-refractivity contribution in [3.63, 3.8) is 0 Å². The predicted octanol–water partition coefficient (Wildman–Crippen LogP) is 1.66. The van der Waals surface area contributed by atoms with Gasteiger partial charge in [0.2, 0.25) is 26.0 Å². The van der Waals surface area contributed by atoms with Gasteiger partial charge in [0.15, 0.2) is 0 Å². The molecule has 0 bridgehead atoms. The van der Waals surface area contributed by atoms with Crippen LogP contribution < -0.4 is 10.1 Å². The fourth-order valence-electron chi connectivity index (χ4n) is 4.53.